The lowest BCUT2D eigenvalue weighted by Gasteiger charge is -2.11. The number of para-hydroxylation sites is 1. The van der Waals surface area contributed by atoms with E-state index in [0.717, 1.165) is 0 Å². The molecule has 0 N–H and O–H groups in total. The van der Waals surface area contributed by atoms with Gasteiger partial charge in [-0.1, -0.05) is 19.1 Å². The summed E-state index contributed by atoms with van der Waals surface area (Å²) in [5.74, 6) is -0.223. The molecule has 0 saturated heterocycles. The van der Waals surface area contributed by atoms with E-state index < -0.39 is 0 Å². The van der Waals surface area contributed by atoms with E-state index in [2.05, 4.69) is 0 Å². The molecule has 1 aromatic carbocycles. The Kier molecular flexibility index (Phi) is 6.51. The summed E-state index contributed by atoms with van der Waals surface area (Å²) in [6.45, 7) is 5.83. The third-order valence-corrected chi connectivity index (χ3v) is 3.99. The zero-order valence-electron chi connectivity index (χ0n) is 11.9. The van der Waals surface area contributed by atoms with Gasteiger partial charge in [-0.05, 0) is 26.3 Å². The minimum Gasteiger partial charge on any atom is -0.466 e. The predicted octanol–water partition coefficient (Wildman–Crippen LogP) is 3.73. The highest BCUT2D eigenvalue weighted by atomic mass is 32.2. The SMILES string of the molecule is CCOC(=O)CC[C@H](C)Sc1cccc(C)c1[N+](=O)[O-]. The van der Waals surface area contributed by atoms with E-state index in [1.54, 1.807) is 26.0 Å². The summed E-state index contributed by atoms with van der Waals surface area (Å²) in [5, 5.41) is 11.2. The van der Waals surface area contributed by atoms with Gasteiger partial charge in [0.15, 0.2) is 0 Å². The van der Waals surface area contributed by atoms with E-state index in [9.17, 15) is 14.9 Å². The molecule has 0 radical (unpaired) electrons. The van der Waals surface area contributed by atoms with Gasteiger partial charge in [-0.2, -0.15) is 0 Å². The first kappa shape index (κ1) is 16.5. The number of ether oxygens (including phenoxy) is 1. The van der Waals surface area contributed by atoms with Crippen LogP contribution in [0.4, 0.5) is 5.69 Å². The fraction of sp³-hybridized carbons (Fsp3) is 0.500. The van der Waals surface area contributed by atoms with Crippen LogP contribution < -0.4 is 0 Å². The summed E-state index contributed by atoms with van der Waals surface area (Å²) in [6, 6.07) is 5.28. The van der Waals surface area contributed by atoms with Gasteiger partial charge in [0.2, 0.25) is 0 Å². The van der Waals surface area contributed by atoms with Crippen LogP contribution in [0.5, 0.6) is 0 Å². The van der Waals surface area contributed by atoms with Crippen LogP contribution in [0.2, 0.25) is 0 Å². The lowest BCUT2D eigenvalue weighted by atomic mass is 10.2. The maximum Gasteiger partial charge on any atom is 0.305 e. The normalized spacial score (nSPS) is 11.9. The first-order valence-electron chi connectivity index (χ1n) is 6.52. The van der Waals surface area contributed by atoms with Gasteiger partial charge in [-0.3, -0.25) is 14.9 Å². The minimum atomic E-state index is -0.351. The van der Waals surface area contributed by atoms with E-state index in [1.165, 1.54) is 11.8 Å². The van der Waals surface area contributed by atoms with Crippen LogP contribution in [-0.2, 0) is 9.53 Å². The Bertz CT molecular complexity index is 490. The number of carbonyl (C=O) groups excluding carboxylic acids is 1. The lowest BCUT2D eigenvalue weighted by molar-refractivity contribution is -0.388. The van der Waals surface area contributed by atoms with Crippen molar-refractivity contribution >= 4 is 23.4 Å². The van der Waals surface area contributed by atoms with Crippen molar-refractivity contribution in [3.8, 4) is 0 Å². The Labute approximate surface area is 122 Å². The number of nitro groups is 1. The molecule has 0 fully saturated rings. The van der Waals surface area contributed by atoms with E-state index in [4.69, 9.17) is 4.74 Å². The Hall–Kier alpha value is -1.56. The van der Waals surface area contributed by atoms with Crippen LogP contribution in [0.3, 0.4) is 0 Å². The second-order valence-electron chi connectivity index (χ2n) is 4.45. The molecule has 0 saturated carbocycles. The fourth-order valence-electron chi connectivity index (χ4n) is 1.79. The molecule has 0 aliphatic rings. The number of esters is 1. The molecule has 1 aromatic rings. The van der Waals surface area contributed by atoms with Gasteiger partial charge in [0.1, 0.15) is 0 Å². The number of carbonyl (C=O) groups is 1. The molecule has 0 unspecified atom stereocenters. The quantitative estimate of drug-likeness (QED) is 0.332. The smallest absolute Gasteiger partial charge is 0.305 e. The molecule has 1 rings (SSSR count). The largest absolute Gasteiger partial charge is 0.466 e. The molecule has 0 aromatic heterocycles. The second-order valence-corrected chi connectivity index (χ2v) is 5.93. The van der Waals surface area contributed by atoms with Crippen LogP contribution in [0.15, 0.2) is 23.1 Å². The number of benzene rings is 1. The number of hydrogen-bond acceptors (Lipinski definition) is 5. The molecule has 0 aliphatic carbocycles. The molecule has 6 heteroatoms. The first-order chi connectivity index (χ1) is 9.45. The molecule has 110 valence electrons. The van der Waals surface area contributed by atoms with Crippen LogP contribution in [0, 0.1) is 17.0 Å². The molecular weight excluding hydrogens is 278 g/mol. The van der Waals surface area contributed by atoms with Crippen molar-refractivity contribution in [3.05, 3.63) is 33.9 Å². The molecule has 20 heavy (non-hydrogen) atoms. The van der Waals surface area contributed by atoms with Crippen molar-refractivity contribution in [1.29, 1.82) is 0 Å². The number of nitro benzene ring substituents is 1. The highest BCUT2D eigenvalue weighted by molar-refractivity contribution is 8.00. The maximum atomic E-state index is 11.3. The molecule has 0 spiro atoms. The number of nitrogens with zero attached hydrogens (tertiary/aromatic N) is 1. The zero-order chi connectivity index (χ0) is 15.1. The van der Waals surface area contributed by atoms with Gasteiger partial charge in [0.05, 0.1) is 16.4 Å². The summed E-state index contributed by atoms with van der Waals surface area (Å²) in [4.78, 5) is 22.7. The summed E-state index contributed by atoms with van der Waals surface area (Å²) in [6.07, 6.45) is 0.968. The molecule has 0 amide bonds. The summed E-state index contributed by atoms with van der Waals surface area (Å²) >= 11 is 1.42. The zero-order valence-corrected chi connectivity index (χ0v) is 12.7. The number of aryl methyl sites for hydroxylation is 1. The van der Waals surface area contributed by atoms with Gasteiger partial charge >= 0.3 is 5.97 Å². The van der Waals surface area contributed by atoms with Crippen molar-refractivity contribution in [3.63, 3.8) is 0 Å². The van der Waals surface area contributed by atoms with Gasteiger partial charge in [0.25, 0.3) is 5.69 Å². The van der Waals surface area contributed by atoms with Crippen molar-refractivity contribution in [2.75, 3.05) is 6.61 Å². The minimum absolute atomic E-state index is 0.111. The number of thioether (sulfide) groups is 1. The average molecular weight is 297 g/mol. The van der Waals surface area contributed by atoms with Crippen molar-refractivity contribution in [2.24, 2.45) is 0 Å². The monoisotopic (exact) mass is 297 g/mol. The fourth-order valence-corrected chi connectivity index (χ4v) is 2.96. The van der Waals surface area contributed by atoms with Crippen LogP contribution >= 0.6 is 11.8 Å². The lowest BCUT2D eigenvalue weighted by Crippen LogP contribution is -2.07. The van der Waals surface area contributed by atoms with E-state index >= 15 is 0 Å². The second kappa shape index (κ2) is 7.89. The van der Waals surface area contributed by atoms with E-state index in [0.29, 0.717) is 29.9 Å². The Balaban J connectivity index is 2.66. The van der Waals surface area contributed by atoms with E-state index in [-0.39, 0.29) is 21.8 Å². The van der Waals surface area contributed by atoms with Crippen molar-refractivity contribution in [2.45, 2.75) is 43.8 Å². The van der Waals surface area contributed by atoms with Gasteiger partial charge in [-0.15, -0.1) is 11.8 Å². The standard InChI is InChI=1S/C14H19NO4S/c1-4-19-13(16)9-8-11(3)20-12-7-5-6-10(2)14(12)15(17)18/h5-7,11H,4,8-9H2,1-3H3/t11-/m0/s1. The van der Waals surface area contributed by atoms with Gasteiger partial charge < -0.3 is 4.74 Å². The van der Waals surface area contributed by atoms with Gasteiger partial charge in [0, 0.05) is 17.2 Å². The maximum absolute atomic E-state index is 11.3. The first-order valence-corrected chi connectivity index (χ1v) is 7.40. The molecular formula is C14H19NO4S. The van der Waals surface area contributed by atoms with Crippen LogP contribution in [0.1, 0.15) is 32.3 Å². The Morgan fingerprint density at radius 3 is 2.80 bits per heavy atom. The molecule has 5 nitrogen and oxygen atoms in total. The molecule has 0 heterocycles. The topological polar surface area (TPSA) is 69.4 Å². The highest BCUT2D eigenvalue weighted by Crippen LogP contribution is 2.35. The average Bonchev–Trinajstić information content (AvgIpc) is 2.36. The molecule has 0 bridgehead atoms. The summed E-state index contributed by atoms with van der Waals surface area (Å²) in [7, 11) is 0. The van der Waals surface area contributed by atoms with E-state index in [1.807, 2.05) is 13.0 Å². The van der Waals surface area contributed by atoms with Gasteiger partial charge in [-0.25, -0.2) is 0 Å². The predicted molar refractivity (Wildman–Crippen MR) is 79.0 cm³/mol. The Morgan fingerprint density at radius 2 is 2.20 bits per heavy atom. The summed E-state index contributed by atoms with van der Waals surface area (Å²) < 4.78 is 4.87. The number of rotatable bonds is 7. The molecule has 1 atom stereocenters. The highest BCUT2D eigenvalue weighted by Gasteiger charge is 2.19. The summed E-state index contributed by atoms with van der Waals surface area (Å²) in [5.41, 5.74) is 0.804. The third-order valence-electron chi connectivity index (χ3n) is 2.77. The van der Waals surface area contributed by atoms with Crippen molar-refractivity contribution < 1.29 is 14.5 Å². The molecule has 0 aliphatic heterocycles. The van der Waals surface area contributed by atoms with Crippen LogP contribution in [-0.4, -0.2) is 22.7 Å². The van der Waals surface area contributed by atoms with Crippen LogP contribution in [0.25, 0.3) is 0 Å². The number of hydrogen-bond donors (Lipinski definition) is 0. The Morgan fingerprint density at radius 1 is 1.50 bits per heavy atom. The third kappa shape index (κ3) is 4.85. The van der Waals surface area contributed by atoms with Crippen molar-refractivity contribution in [1.82, 2.24) is 0 Å².